The third kappa shape index (κ3) is 3.00. The molecule has 1 amide bonds. The molecule has 0 aliphatic carbocycles. The fourth-order valence-corrected chi connectivity index (χ4v) is 2.02. The molecule has 1 aromatic heterocycles. The van der Waals surface area contributed by atoms with E-state index in [1.807, 2.05) is 0 Å². The number of hydrogen-bond acceptors (Lipinski definition) is 6. The van der Waals surface area contributed by atoms with E-state index in [0.29, 0.717) is 0 Å². The molecule has 1 aliphatic rings. The van der Waals surface area contributed by atoms with E-state index < -0.39 is 4.92 Å². The van der Waals surface area contributed by atoms with Crippen LogP contribution in [0, 0.1) is 21.4 Å². The van der Waals surface area contributed by atoms with Crippen LogP contribution in [-0.4, -0.2) is 40.3 Å². The highest BCUT2D eigenvalue weighted by Gasteiger charge is 2.19. The fraction of sp³-hybridized carbons (Fsp3) is 0.417. The lowest BCUT2D eigenvalue weighted by atomic mass is 10.3. The van der Waals surface area contributed by atoms with Crippen molar-refractivity contribution in [2.24, 2.45) is 0 Å². The minimum absolute atomic E-state index is 0.0406. The smallest absolute Gasteiger partial charge is 0.305 e. The number of amides is 1. The van der Waals surface area contributed by atoms with Crippen molar-refractivity contribution in [3.63, 3.8) is 0 Å². The van der Waals surface area contributed by atoms with Gasteiger partial charge in [-0.2, -0.15) is 5.26 Å². The zero-order chi connectivity index (χ0) is 14.5. The number of hydrogen-bond donors (Lipinski definition) is 1. The molecule has 20 heavy (non-hydrogen) atoms. The number of nitrogens with one attached hydrogen (secondary N) is 1. The molecule has 8 heteroatoms. The number of nitro groups is 1. The Balaban J connectivity index is 2.01. The van der Waals surface area contributed by atoms with Gasteiger partial charge in [-0.15, -0.1) is 0 Å². The number of rotatable bonds is 4. The number of nitriles is 1. The van der Waals surface area contributed by atoms with Gasteiger partial charge in [0.2, 0.25) is 11.6 Å². The first kappa shape index (κ1) is 13.7. The van der Waals surface area contributed by atoms with Crippen LogP contribution in [0.15, 0.2) is 12.1 Å². The van der Waals surface area contributed by atoms with E-state index >= 15 is 0 Å². The van der Waals surface area contributed by atoms with E-state index in [0.717, 1.165) is 25.9 Å². The van der Waals surface area contributed by atoms with Crippen molar-refractivity contribution in [3.05, 3.63) is 27.9 Å². The molecular weight excluding hydrogens is 262 g/mol. The van der Waals surface area contributed by atoms with Gasteiger partial charge in [-0.1, -0.05) is 0 Å². The molecule has 0 atom stereocenters. The first-order chi connectivity index (χ1) is 9.61. The van der Waals surface area contributed by atoms with E-state index in [9.17, 15) is 14.9 Å². The van der Waals surface area contributed by atoms with Crippen LogP contribution in [0.4, 0.5) is 11.5 Å². The number of anilines is 1. The molecule has 1 aromatic rings. The number of likely N-dealkylation sites (tertiary alicyclic amines) is 1. The summed E-state index contributed by atoms with van der Waals surface area (Å²) in [6.45, 7) is 1.59. The van der Waals surface area contributed by atoms with Gasteiger partial charge in [0.25, 0.3) is 0 Å². The summed E-state index contributed by atoms with van der Waals surface area (Å²) in [5.41, 5.74) is -0.613. The largest absolute Gasteiger partial charge is 0.361 e. The lowest BCUT2D eigenvalue weighted by molar-refractivity contribution is -0.385. The number of nitrogens with zero attached hydrogens (tertiary/aromatic N) is 4. The Kier molecular flexibility index (Phi) is 4.10. The van der Waals surface area contributed by atoms with Crippen LogP contribution in [0.2, 0.25) is 0 Å². The predicted molar refractivity (Wildman–Crippen MR) is 69.9 cm³/mol. The first-order valence-electron chi connectivity index (χ1n) is 6.19. The maximum atomic E-state index is 11.8. The third-order valence-corrected chi connectivity index (χ3v) is 3.06. The number of carbonyl (C=O) groups excluding carboxylic acids is 1. The first-order valence-corrected chi connectivity index (χ1v) is 6.19. The second-order valence-electron chi connectivity index (χ2n) is 4.37. The Hall–Kier alpha value is -2.69. The molecular formula is C12H13N5O3. The molecule has 8 nitrogen and oxygen atoms in total. The molecule has 0 unspecified atom stereocenters. The van der Waals surface area contributed by atoms with Crippen molar-refractivity contribution in [1.29, 1.82) is 5.26 Å². The van der Waals surface area contributed by atoms with Crippen molar-refractivity contribution in [3.8, 4) is 6.07 Å². The van der Waals surface area contributed by atoms with E-state index in [1.165, 1.54) is 12.1 Å². The fourth-order valence-electron chi connectivity index (χ4n) is 2.02. The summed E-state index contributed by atoms with van der Waals surface area (Å²) >= 11 is 0. The summed E-state index contributed by atoms with van der Waals surface area (Å²) in [6.07, 6.45) is 2.03. The maximum Gasteiger partial charge on any atom is 0.305 e. The highest BCUT2D eigenvalue weighted by Crippen LogP contribution is 2.18. The molecule has 1 N–H and O–H groups in total. The summed E-state index contributed by atoms with van der Waals surface area (Å²) in [5, 5.41) is 22.3. The normalized spacial score (nSPS) is 13.8. The van der Waals surface area contributed by atoms with Crippen LogP contribution < -0.4 is 5.32 Å². The Morgan fingerprint density at radius 3 is 2.80 bits per heavy atom. The highest BCUT2D eigenvalue weighted by molar-refractivity contribution is 5.80. The van der Waals surface area contributed by atoms with Gasteiger partial charge in [0.15, 0.2) is 0 Å². The average Bonchev–Trinajstić information content (AvgIpc) is 2.98. The second kappa shape index (κ2) is 5.97. The van der Waals surface area contributed by atoms with Crippen LogP contribution in [-0.2, 0) is 4.79 Å². The van der Waals surface area contributed by atoms with Crippen LogP contribution >= 0.6 is 0 Å². The average molecular weight is 275 g/mol. The van der Waals surface area contributed by atoms with Crippen molar-refractivity contribution in [2.45, 2.75) is 12.8 Å². The van der Waals surface area contributed by atoms with Crippen molar-refractivity contribution in [2.75, 3.05) is 25.0 Å². The van der Waals surface area contributed by atoms with Crippen LogP contribution in [0.5, 0.6) is 0 Å². The molecule has 2 rings (SSSR count). The number of carbonyl (C=O) groups is 1. The summed E-state index contributed by atoms with van der Waals surface area (Å²) < 4.78 is 0. The van der Waals surface area contributed by atoms with Gasteiger partial charge in [0, 0.05) is 19.2 Å². The molecule has 1 aliphatic heterocycles. The molecule has 0 aromatic carbocycles. The Morgan fingerprint density at radius 2 is 2.20 bits per heavy atom. The van der Waals surface area contributed by atoms with Crippen LogP contribution in [0.25, 0.3) is 0 Å². The molecule has 1 saturated heterocycles. The second-order valence-corrected chi connectivity index (χ2v) is 4.37. The van der Waals surface area contributed by atoms with Gasteiger partial charge >= 0.3 is 5.69 Å². The molecule has 104 valence electrons. The molecule has 2 heterocycles. The van der Waals surface area contributed by atoms with Gasteiger partial charge in [-0.3, -0.25) is 14.9 Å². The maximum absolute atomic E-state index is 11.8. The van der Waals surface area contributed by atoms with Gasteiger partial charge < -0.3 is 10.2 Å². The van der Waals surface area contributed by atoms with Gasteiger partial charge in [0.05, 0.1) is 11.5 Å². The van der Waals surface area contributed by atoms with Crippen molar-refractivity contribution >= 4 is 17.4 Å². The van der Waals surface area contributed by atoms with E-state index in [4.69, 9.17) is 5.26 Å². The van der Waals surface area contributed by atoms with Crippen molar-refractivity contribution < 1.29 is 9.72 Å². The summed E-state index contributed by atoms with van der Waals surface area (Å²) in [5.74, 6) is 0.237. The molecule has 0 bridgehead atoms. The van der Waals surface area contributed by atoms with Gasteiger partial charge in [0.1, 0.15) is 11.9 Å². The lowest BCUT2D eigenvalue weighted by Crippen LogP contribution is -2.33. The van der Waals surface area contributed by atoms with Crippen LogP contribution in [0.3, 0.4) is 0 Å². The SMILES string of the molecule is N#Cc1nc(NCC(=O)N2CCCC2)ccc1[N+](=O)[O-]. The summed E-state index contributed by atoms with van der Waals surface area (Å²) in [4.78, 5) is 27.4. The third-order valence-electron chi connectivity index (χ3n) is 3.06. The monoisotopic (exact) mass is 275 g/mol. The zero-order valence-electron chi connectivity index (χ0n) is 10.7. The number of pyridine rings is 1. The van der Waals surface area contributed by atoms with Crippen molar-refractivity contribution in [1.82, 2.24) is 9.88 Å². The van der Waals surface area contributed by atoms with E-state index in [1.54, 1.807) is 11.0 Å². The Bertz CT molecular complexity index is 575. The molecule has 1 fully saturated rings. The quantitative estimate of drug-likeness (QED) is 0.645. The lowest BCUT2D eigenvalue weighted by Gasteiger charge is -2.15. The topological polar surface area (TPSA) is 112 Å². The van der Waals surface area contributed by atoms with Gasteiger partial charge in [-0.05, 0) is 18.9 Å². The molecule has 0 radical (unpaired) electrons. The summed E-state index contributed by atoms with van der Waals surface area (Å²) in [7, 11) is 0. The minimum atomic E-state index is -0.662. The van der Waals surface area contributed by atoms with Gasteiger partial charge in [-0.25, -0.2) is 4.98 Å². The summed E-state index contributed by atoms with van der Waals surface area (Å²) in [6, 6.07) is 4.26. The standard InChI is InChI=1S/C12H13N5O3/c13-7-9-10(17(19)20)3-4-11(15-9)14-8-12(18)16-5-1-2-6-16/h3-4H,1-2,5-6,8H2,(H,14,15). The van der Waals surface area contributed by atoms with Crippen LogP contribution in [0.1, 0.15) is 18.5 Å². The number of aromatic nitrogens is 1. The molecule has 0 spiro atoms. The molecule has 0 saturated carbocycles. The Morgan fingerprint density at radius 1 is 1.50 bits per heavy atom. The highest BCUT2D eigenvalue weighted by atomic mass is 16.6. The zero-order valence-corrected chi connectivity index (χ0v) is 10.7. The van der Waals surface area contributed by atoms with E-state index in [-0.39, 0.29) is 29.7 Å². The predicted octanol–water partition coefficient (Wildman–Crippen LogP) is 0.896. The Labute approximate surface area is 115 Å². The van der Waals surface area contributed by atoms with E-state index in [2.05, 4.69) is 10.3 Å². The minimum Gasteiger partial charge on any atom is -0.361 e.